The highest BCUT2D eigenvalue weighted by atomic mass is 35.5. The Bertz CT molecular complexity index is 394. The van der Waals surface area contributed by atoms with Gasteiger partial charge in [-0.05, 0) is 43.5 Å². The van der Waals surface area contributed by atoms with Crippen LogP contribution in [0.25, 0.3) is 0 Å². The van der Waals surface area contributed by atoms with Crippen LogP contribution in [-0.4, -0.2) is 23.3 Å². The van der Waals surface area contributed by atoms with Crippen LogP contribution in [0.1, 0.15) is 19.3 Å². The van der Waals surface area contributed by atoms with Crippen LogP contribution >= 0.6 is 11.6 Å². The normalized spacial score (nSPS) is 23.4. The summed E-state index contributed by atoms with van der Waals surface area (Å²) < 4.78 is 0. The van der Waals surface area contributed by atoms with Crippen molar-refractivity contribution in [2.75, 3.05) is 5.32 Å². The van der Waals surface area contributed by atoms with E-state index in [1.807, 2.05) is 0 Å². The van der Waals surface area contributed by atoms with Gasteiger partial charge in [0, 0.05) is 10.7 Å². The zero-order valence-electron chi connectivity index (χ0n) is 9.32. The smallest absolute Gasteiger partial charge is 0.319 e. The van der Waals surface area contributed by atoms with Crippen molar-refractivity contribution in [1.82, 2.24) is 5.32 Å². The molecule has 2 atom stereocenters. The fourth-order valence-electron chi connectivity index (χ4n) is 1.98. The summed E-state index contributed by atoms with van der Waals surface area (Å²) in [5.41, 5.74) is 0.680. The van der Waals surface area contributed by atoms with E-state index in [-0.39, 0.29) is 12.1 Å². The number of hydrogen-bond donors (Lipinski definition) is 3. The van der Waals surface area contributed by atoms with Crippen LogP contribution in [0.2, 0.25) is 5.02 Å². The Kier molecular flexibility index (Phi) is 3.86. The summed E-state index contributed by atoms with van der Waals surface area (Å²) in [5, 5.41) is 15.7. The molecule has 0 heterocycles. The molecule has 92 valence electrons. The first kappa shape index (κ1) is 12.2. The highest BCUT2D eigenvalue weighted by molar-refractivity contribution is 6.30. The van der Waals surface area contributed by atoms with E-state index in [0.29, 0.717) is 10.7 Å². The molecule has 0 saturated heterocycles. The van der Waals surface area contributed by atoms with Gasteiger partial charge in [0.1, 0.15) is 0 Å². The number of urea groups is 1. The van der Waals surface area contributed by atoms with Crippen LogP contribution in [0.15, 0.2) is 24.3 Å². The summed E-state index contributed by atoms with van der Waals surface area (Å²) in [6, 6.07) is 6.45. The molecule has 1 aromatic rings. The fourth-order valence-corrected chi connectivity index (χ4v) is 2.10. The Morgan fingerprint density at radius 3 is 2.59 bits per heavy atom. The van der Waals surface area contributed by atoms with Crippen molar-refractivity contribution in [3.05, 3.63) is 29.3 Å². The third kappa shape index (κ3) is 3.35. The number of anilines is 1. The Balaban J connectivity index is 1.86. The molecule has 4 nitrogen and oxygen atoms in total. The van der Waals surface area contributed by atoms with Crippen molar-refractivity contribution < 1.29 is 9.90 Å². The van der Waals surface area contributed by atoms with Crippen molar-refractivity contribution >= 4 is 23.3 Å². The lowest BCUT2D eigenvalue weighted by Gasteiger charge is -2.16. The Morgan fingerprint density at radius 1 is 1.29 bits per heavy atom. The average molecular weight is 255 g/mol. The zero-order chi connectivity index (χ0) is 12.3. The molecule has 1 saturated carbocycles. The number of hydrogen-bond acceptors (Lipinski definition) is 2. The molecular formula is C12H15ClN2O2. The molecular weight excluding hydrogens is 240 g/mol. The molecule has 2 amide bonds. The first-order valence-corrected chi connectivity index (χ1v) is 6.04. The molecule has 17 heavy (non-hydrogen) atoms. The monoisotopic (exact) mass is 254 g/mol. The van der Waals surface area contributed by atoms with Crippen molar-refractivity contribution in [3.8, 4) is 0 Å². The zero-order valence-corrected chi connectivity index (χ0v) is 10.1. The van der Waals surface area contributed by atoms with E-state index in [1.54, 1.807) is 24.3 Å². The van der Waals surface area contributed by atoms with Gasteiger partial charge in [0.25, 0.3) is 0 Å². The second kappa shape index (κ2) is 5.38. The molecule has 1 aliphatic carbocycles. The third-order valence-electron chi connectivity index (χ3n) is 2.90. The molecule has 0 spiro atoms. The summed E-state index contributed by atoms with van der Waals surface area (Å²) in [6.45, 7) is 0. The molecule has 5 heteroatoms. The first-order chi connectivity index (χ1) is 8.15. The van der Waals surface area contributed by atoms with Crippen LogP contribution in [-0.2, 0) is 0 Å². The van der Waals surface area contributed by atoms with Gasteiger partial charge in [-0.2, -0.15) is 0 Å². The van der Waals surface area contributed by atoms with Crippen LogP contribution in [0.5, 0.6) is 0 Å². The van der Waals surface area contributed by atoms with E-state index in [2.05, 4.69) is 10.6 Å². The molecule has 1 aromatic carbocycles. The van der Waals surface area contributed by atoms with Gasteiger partial charge >= 0.3 is 6.03 Å². The summed E-state index contributed by atoms with van der Waals surface area (Å²) in [4.78, 5) is 11.6. The topological polar surface area (TPSA) is 61.4 Å². The van der Waals surface area contributed by atoms with Crippen molar-refractivity contribution in [2.24, 2.45) is 0 Å². The number of aliphatic hydroxyl groups is 1. The number of rotatable bonds is 2. The van der Waals surface area contributed by atoms with E-state index in [4.69, 9.17) is 11.6 Å². The lowest BCUT2D eigenvalue weighted by Crippen LogP contribution is -2.42. The number of aliphatic hydroxyl groups excluding tert-OH is 1. The molecule has 1 fully saturated rings. The van der Waals surface area contributed by atoms with Crippen molar-refractivity contribution in [2.45, 2.75) is 31.4 Å². The number of carbonyl (C=O) groups is 1. The number of carbonyl (C=O) groups excluding carboxylic acids is 1. The van der Waals surface area contributed by atoms with Crippen LogP contribution in [0.4, 0.5) is 10.5 Å². The molecule has 0 radical (unpaired) electrons. The minimum Gasteiger partial charge on any atom is -0.391 e. The van der Waals surface area contributed by atoms with E-state index in [1.165, 1.54) is 0 Å². The second-order valence-electron chi connectivity index (χ2n) is 4.21. The highest BCUT2D eigenvalue weighted by Crippen LogP contribution is 2.19. The van der Waals surface area contributed by atoms with Crippen LogP contribution in [0.3, 0.4) is 0 Å². The first-order valence-electron chi connectivity index (χ1n) is 5.66. The van der Waals surface area contributed by atoms with Crippen molar-refractivity contribution in [3.63, 3.8) is 0 Å². The third-order valence-corrected chi connectivity index (χ3v) is 3.15. The minimum atomic E-state index is -0.425. The van der Waals surface area contributed by atoms with Gasteiger partial charge in [-0.1, -0.05) is 11.6 Å². The number of benzene rings is 1. The summed E-state index contributed by atoms with van der Waals surface area (Å²) in [6.07, 6.45) is 2.11. The maximum Gasteiger partial charge on any atom is 0.319 e. The number of nitrogens with one attached hydrogen (secondary N) is 2. The van der Waals surface area contributed by atoms with Gasteiger partial charge in [-0.15, -0.1) is 0 Å². The summed E-state index contributed by atoms with van der Waals surface area (Å²) in [5.74, 6) is 0. The van der Waals surface area contributed by atoms with Crippen LogP contribution < -0.4 is 10.6 Å². The molecule has 0 bridgehead atoms. The van der Waals surface area contributed by atoms with E-state index >= 15 is 0 Å². The molecule has 2 rings (SSSR count). The Hall–Kier alpha value is -1.26. The highest BCUT2D eigenvalue weighted by Gasteiger charge is 2.26. The van der Waals surface area contributed by atoms with Gasteiger partial charge < -0.3 is 15.7 Å². The number of amides is 2. The van der Waals surface area contributed by atoms with Crippen LogP contribution in [0, 0.1) is 0 Å². The van der Waals surface area contributed by atoms with Crippen molar-refractivity contribution in [1.29, 1.82) is 0 Å². The van der Waals surface area contributed by atoms with Gasteiger partial charge in [-0.25, -0.2) is 4.79 Å². The lowest BCUT2D eigenvalue weighted by molar-refractivity contribution is 0.151. The molecule has 3 N–H and O–H groups in total. The Labute approximate surface area is 105 Å². The maximum atomic E-state index is 11.6. The lowest BCUT2D eigenvalue weighted by atomic mass is 10.2. The summed E-state index contributed by atoms with van der Waals surface area (Å²) >= 11 is 5.74. The van der Waals surface area contributed by atoms with Gasteiger partial charge in [0.2, 0.25) is 0 Å². The van der Waals surface area contributed by atoms with E-state index < -0.39 is 6.10 Å². The standard InChI is InChI=1S/C12H15ClN2O2/c13-8-4-6-9(7-5-8)14-12(17)15-10-2-1-3-11(10)16/h4-7,10-11,16H,1-3H2,(H2,14,15,17). The minimum absolute atomic E-state index is 0.137. The van der Waals surface area contributed by atoms with E-state index in [0.717, 1.165) is 19.3 Å². The molecule has 0 aromatic heterocycles. The SMILES string of the molecule is O=C(Nc1ccc(Cl)cc1)NC1CCCC1O. The largest absolute Gasteiger partial charge is 0.391 e. The van der Waals surface area contributed by atoms with Gasteiger partial charge in [-0.3, -0.25) is 0 Å². The quantitative estimate of drug-likeness (QED) is 0.759. The molecule has 0 aliphatic heterocycles. The summed E-state index contributed by atoms with van der Waals surface area (Å²) in [7, 11) is 0. The maximum absolute atomic E-state index is 11.6. The number of halogens is 1. The molecule has 2 unspecified atom stereocenters. The predicted octanol–water partition coefficient (Wildman–Crippen LogP) is 2.37. The fraction of sp³-hybridized carbons (Fsp3) is 0.417. The average Bonchev–Trinajstić information content (AvgIpc) is 2.68. The second-order valence-corrected chi connectivity index (χ2v) is 4.65. The Morgan fingerprint density at radius 2 is 2.00 bits per heavy atom. The molecule has 1 aliphatic rings. The van der Waals surface area contributed by atoms with E-state index in [9.17, 15) is 9.90 Å². The predicted molar refractivity (Wildman–Crippen MR) is 67.3 cm³/mol. The van der Waals surface area contributed by atoms with Gasteiger partial charge in [0.15, 0.2) is 0 Å². The van der Waals surface area contributed by atoms with Gasteiger partial charge in [0.05, 0.1) is 12.1 Å².